The fraction of sp³-hybridized carbons (Fsp3) is 0.433. The molecule has 1 fully saturated rings. The monoisotopic (exact) mass is 521 g/mol. The Kier molecular flexibility index (Phi) is 8.08. The third-order valence-corrected chi connectivity index (χ3v) is 7.72. The van der Waals surface area contributed by atoms with Crippen LogP contribution in [0.15, 0.2) is 47.1 Å². The number of halogens is 1. The second-order valence-electron chi connectivity index (χ2n) is 10.7. The molecule has 7 heteroatoms. The van der Waals surface area contributed by atoms with Crippen molar-refractivity contribution in [3.63, 3.8) is 0 Å². The molecule has 0 aromatic heterocycles. The highest BCUT2D eigenvalue weighted by Crippen LogP contribution is 2.34. The highest BCUT2D eigenvalue weighted by molar-refractivity contribution is 6.48. The molecule has 2 aromatic carbocycles. The summed E-state index contributed by atoms with van der Waals surface area (Å²) in [6.45, 7) is 10.3. The lowest BCUT2D eigenvalue weighted by molar-refractivity contribution is -0.140. The smallest absolute Gasteiger partial charge is 0.279 e. The Morgan fingerprint density at radius 1 is 0.946 bits per heavy atom. The van der Waals surface area contributed by atoms with E-state index in [-0.39, 0.29) is 34.5 Å². The van der Waals surface area contributed by atoms with Crippen molar-refractivity contribution < 1.29 is 14.4 Å². The molecule has 196 valence electrons. The van der Waals surface area contributed by atoms with Crippen molar-refractivity contribution in [3.05, 3.63) is 69.4 Å². The number of benzene rings is 2. The van der Waals surface area contributed by atoms with Crippen molar-refractivity contribution in [2.45, 2.75) is 84.6 Å². The topological polar surface area (TPSA) is 78.5 Å². The van der Waals surface area contributed by atoms with Crippen LogP contribution in [-0.4, -0.2) is 28.7 Å². The van der Waals surface area contributed by atoms with E-state index >= 15 is 0 Å². The zero-order valence-electron chi connectivity index (χ0n) is 22.3. The van der Waals surface area contributed by atoms with Gasteiger partial charge in [0.1, 0.15) is 10.7 Å². The van der Waals surface area contributed by atoms with Crippen LogP contribution in [0.5, 0.6) is 0 Å². The van der Waals surface area contributed by atoms with Gasteiger partial charge in [0.05, 0.1) is 0 Å². The van der Waals surface area contributed by atoms with Gasteiger partial charge in [-0.15, -0.1) is 0 Å². The van der Waals surface area contributed by atoms with Crippen molar-refractivity contribution in [3.8, 4) is 0 Å². The van der Waals surface area contributed by atoms with E-state index in [4.69, 9.17) is 11.6 Å². The van der Waals surface area contributed by atoms with Gasteiger partial charge in [0, 0.05) is 23.0 Å². The number of amides is 3. The average Bonchev–Trinajstić information content (AvgIpc) is 3.08. The summed E-state index contributed by atoms with van der Waals surface area (Å²) in [7, 11) is 0. The lowest BCUT2D eigenvalue weighted by Gasteiger charge is -2.29. The van der Waals surface area contributed by atoms with Gasteiger partial charge in [-0.1, -0.05) is 82.8 Å². The predicted molar refractivity (Wildman–Crippen MR) is 149 cm³/mol. The Morgan fingerprint density at radius 2 is 1.57 bits per heavy atom. The maximum absolute atomic E-state index is 13.4. The van der Waals surface area contributed by atoms with Gasteiger partial charge < -0.3 is 10.6 Å². The summed E-state index contributed by atoms with van der Waals surface area (Å²) >= 11 is 6.37. The van der Waals surface area contributed by atoms with Crippen LogP contribution in [0, 0.1) is 6.92 Å². The SMILES string of the molecule is Cc1ccc(C(=O)Nc2c(C(C)C)cccc2C(C)C)cc1NC1=C(Cl)C(=O)N(C2CCCCC2)C1=O. The van der Waals surface area contributed by atoms with Crippen molar-refractivity contribution in [1.29, 1.82) is 0 Å². The molecule has 0 radical (unpaired) electrons. The molecule has 6 nitrogen and oxygen atoms in total. The van der Waals surface area contributed by atoms with E-state index in [9.17, 15) is 14.4 Å². The van der Waals surface area contributed by atoms with Crippen LogP contribution < -0.4 is 10.6 Å². The molecule has 0 atom stereocenters. The number of anilines is 2. The molecule has 1 aliphatic heterocycles. The second-order valence-corrected chi connectivity index (χ2v) is 11.1. The van der Waals surface area contributed by atoms with Crippen LogP contribution in [-0.2, 0) is 9.59 Å². The fourth-order valence-electron chi connectivity index (χ4n) is 5.21. The fourth-order valence-corrected chi connectivity index (χ4v) is 5.43. The first-order valence-corrected chi connectivity index (χ1v) is 13.6. The predicted octanol–water partition coefficient (Wildman–Crippen LogP) is 7.06. The summed E-state index contributed by atoms with van der Waals surface area (Å²) in [5, 5.41) is 6.12. The number of hydrogen-bond donors (Lipinski definition) is 2. The molecule has 1 saturated carbocycles. The van der Waals surface area contributed by atoms with Gasteiger partial charge in [-0.25, -0.2) is 0 Å². The molecule has 4 rings (SSSR count). The normalized spacial score (nSPS) is 16.8. The van der Waals surface area contributed by atoms with Crippen LogP contribution in [0.4, 0.5) is 11.4 Å². The second kappa shape index (κ2) is 11.1. The van der Waals surface area contributed by atoms with Crippen LogP contribution in [0.1, 0.15) is 98.7 Å². The molecule has 0 saturated heterocycles. The number of carbonyl (C=O) groups excluding carboxylic acids is 3. The number of nitrogens with zero attached hydrogens (tertiary/aromatic N) is 1. The minimum absolute atomic E-state index is 0.0742. The van der Waals surface area contributed by atoms with Gasteiger partial charge in [0.15, 0.2) is 0 Å². The Morgan fingerprint density at radius 3 is 2.16 bits per heavy atom. The number of hydrogen-bond acceptors (Lipinski definition) is 4. The van der Waals surface area contributed by atoms with Crippen molar-refractivity contribution in [2.24, 2.45) is 0 Å². The molecule has 37 heavy (non-hydrogen) atoms. The van der Waals surface area contributed by atoms with Crippen molar-refractivity contribution in [1.82, 2.24) is 4.90 Å². The van der Waals surface area contributed by atoms with Crippen LogP contribution in [0.25, 0.3) is 0 Å². The first-order chi connectivity index (χ1) is 17.6. The van der Waals surface area contributed by atoms with E-state index < -0.39 is 11.8 Å². The third kappa shape index (κ3) is 5.45. The maximum Gasteiger partial charge on any atom is 0.279 e. The molecule has 2 aliphatic rings. The quantitative estimate of drug-likeness (QED) is 0.382. The number of carbonyl (C=O) groups is 3. The molecule has 0 spiro atoms. The molecule has 0 bridgehead atoms. The Bertz CT molecular complexity index is 1230. The Balaban J connectivity index is 1.59. The van der Waals surface area contributed by atoms with Crippen LogP contribution >= 0.6 is 11.6 Å². The van der Waals surface area contributed by atoms with Gasteiger partial charge >= 0.3 is 0 Å². The third-order valence-electron chi connectivity index (χ3n) is 7.37. The van der Waals surface area contributed by atoms with Crippen molar-refractivity contribution in [2.75, 3.05) is 10.6 Å². The van der Waals surface area contributed by atoms with Crippen molar-refractivity contribution >= 4 is 40.7 Å². The van der Waals surface area contributed by atoms with Crippen LogP contribution in [0.2, 0.25) is 0 Å². The first kappa shape index (κ1) is 26.9. The standard InChI is InChI=1S/C30H36ClN3O3/c1-17(2)22-12-9-13-23(18(3)4)26(22)33-28(35)20-15-14-19(5)24(16-20)32-27-25(31)29(36)34(30(27)37)21-10-7-6-8-11-21/h9,12-18,21,32H,6-8,10-11H2,1-5H3,(H,33,35). The Labute approximate surface area is 224 Å². The van der Waals surface area contributed by atoms with Crippen LogP contribution in [0.3, 0.4) is 0 Å². The maximum atomic E-state index is 13.4. The Hall–Kier alpha value is -3.12. The number of nitrogens with one attached hydrogen (secondary N) is 2. The summed E-state index contributed by atoms with van der Waals surface area (Å²) < 4.78 is 0. The average molecular weight is 522 g/mol. The van der Waals surface area contributed by atoms with Gasteiger partial charge in [-0.2, -0.15) is 0 Å². The molecule has 2 N–H and O–H groups in total. The van der Waals surface area contributed by atoms with Gasteiger partial charge in [0.2, 0.25) is 0 Å². The van der Waals surface area contributed by atoms with E-state index in [1.54, 1.807) is 12.1 Å². The van der Waals surface area contributed by atoms with E-state index in [2.05, 4.69) is 38.3 Å². The molecule has 2 aromatic rings. The lowest BCUT2D eigenvalue weighted by atomic mass is 9.92. The summed E-state index contributed by atoms with van der Waals surface area (Å²) in [4.78, 5) is 40.8. The summed E-state index contributed by atoms with van der Waals surface area (Å²) in [5.41, 5.74) is 4.92. The molecular formula is C30H36ClN3O3. The van der Waals surface area contributed by atoms with Gasteiger partial charge in [-0.3, -0.25) is 19.3 Å². The lowest BCUT2D eigenvalue weighted by Crippen LogP contribution is -2.42. The number of rotatable bonds is 7. The summed E-state index contributed by atoms with van der Waals surface area (Å²) in [5.74, 6) is -0.591. The van der Waals surface area contributed by atoms with Gasteiger partial charge in [0.25, 0.3) is 17.7 Å². The largest absolute Gasteiger partial charge is 0.349 e. The first-order valence-electron chi connectivity index (χ1n) is 13.2. The molecule has 1 heterocycles. The summed E-state index contributed by atoms with van der Waals surface area (Å²) in [6, 6.07) is 11.3. The van der Waals surface area contributed by atoms with E-state index in [1.165, 1.54) is 4.90 Å². The number of aryl methyl sites for hydroxylation is 1. The number of imide groups is 1. The highest BCUT2D eigenvalue weighted by atomic mass is 35.5. The minimum Gasteiger partial charge on any atom is -0.349 e. The van der Waals surface area contributed by atoms with E-state index in [0.29, 0.717) is 11.3 Å². The molecule has 0 unspecified atom stereocenters. The van der Waals surface area contributed by atoms with Gasteiger partial charge in [-0.05, 0) is 60.4 Å². The molecular weight excluding hydrogens is 486 g/mol. The zero-order chi connectivity index (χ0) is 26.9. The molecule has 3 amide bonds. The molecule has 1 aliphatic carbocycles. The van der Waals surface area contributed by atoms with E-state index in [0.717, 1.165) is 54.5 Å². The van der Waals surface area contributed by atoms with E-state index in [1.807, 2.05) is 31.2 Å². The zero-order valence-corrected chi connectivity index (χ0v) is 23.0. The highest BCUT2D eigenvalue weighted by Gasteiger charge is 2.42. The minimum atomic E-state index is -0.445. The summed E-state index contributed by atoms with van der Waals surface area (Å²) in [6.07, 6.45) is 4.72. The number of para-hydroxylation sites is 1.